The van der Waals surface area contributed by atoms with Gasteiger partial charge in [-0.15, -0.1) is 0 Å². The Morgan fingerprint density at radius 2 is 1.22 bits per heavy atom. The van der Waals surface area contributed by atoms with Gasteiger partial charge in [-0.3, -0.25) is 19.2 Å². The van der Waals surface area contributed by atoms with E-state index in [2.05, 4.69) is 35.1 Å². The van der Waals surface area contributed by atoms with Gasteiger partial charge in [-0.05, 0) is 75.1 Å². The van der Waals surface area contributed by atoms with E-state index >= 15 is 0 Å². The lowest BCUT2D eigenvalue weighted by atomic mass is 9.96. The van der Waals surface area contributed by atoms with Crippen molar-refractivity contribution in [2.24, 2.45) is 5.92 Å². The molecule has 0 fully saturated rings. The van der Waals surface area contributed by atoms with Gasteiger partial charge in [0, 0.05) is 19.5 Å². The zero-order valence-electron chi connectivity index (χ0n) is 35.3. The van der Waals surface area contributed by atoms with Crippen LogP contribution >= 0.6 is 0 Å². The molecular weight excluding hydrogens is 753 g/mol. The standard InChI is InChI=1S/C46H62N4O9/c1-32(2)27-34-22-24-37(25-23-34)33(3)42(53)48-29-39(43(54)47-26-16-8-7-15-21-41(52)57-30-35-17-11-9-12-18-35)49-40(51)28-38(44(55)59-46(4,5)6)50-45(56)58-31-36-19-13-10-14-20-36/h9-14,17-20,22-25,32-33,38-39H,7-8,15-16,21,26-31H2,1-6H3,(H,47,54)(H,48,53)(H,49,51)(H,50,56)/t33-,38?,39+/m0/s1. The van der Waals surface area contributed by atoms with Crippen LogP contribution in [0.3, 0.4) is 0 Å². The Labute approximate surface area is 348 Å². The first-order valence-electron chi connectivity index (χ1n) is 20.4. The summed E-state index contributed by atoms with van der Waals surface area (Å²) in [5.41, 5.74) is 2.69. The van der Waals surface area contributed by atoms with E-state index < -0.39 is 53.9 Å². The summed E-state index contributed by atoms with van der Waals surface area (Å²) in [6.07, 6.45) is 2.42. The van der Waals surface area contributed by atoms with Crippen molar-refractivity contribution >= 4 is 35.8 Å². The number of esters is 2. The summed E-state index contributed by atoms with van der Waals surface area (Å²) in [6.45, 7) is 11.2. The van der Waals surface area contributed by atoms with Gasteiger partial charge < -0.3 is 35.5 Å². The smallest absolute Gasteiger partial charge is 0.408 e. The van der Waals surface area contributed by atoms with Crippen LogP contribution in [-0.2, 0) is 57.8 Å². The third-order valence-electron chi connectivity index (χ3n) is 9.08. The Balaban J connectivity index is 1.60. The number of nitrogens with one attached hydrogen (secondary N) is 4. The molecular formula is C46H62N4O9. The van der Waals surface area contributed by atoms with Crippen molar-refractivity contribution in [3.63, 3.8) is 0 Å². The van der Waals surface area contributed by atoms with Crippen LogP contribution in [0.15, 0.2) is 84.9 Å². The van der Waals surface area contributed by atoms with Gasteiger partial charge in [0.1, 0.15) is 30.9 Å². The first kappa shape index (κ1) is 47.7. The summed E-state index contributed by atoms with van der Waals surface area (Å²) in [5, 5.41) is 10.7. The average molecular weight is 815 g/mol. The van der Waals surface area contributed by atoms with Crippen molar-refractivity contribution in [1.29, 1.82) is 0 Å². The minimum Gasteiger partial charge on any atom is -0.461 e. The van der Waals surface area contributed by atoms with Gasteiger partial charge in [-0.1, -0.05) is 112 Å². The van der Waals surface area contributed by atoms with Crippen molar-refractivity contribution in [2.45, 2.75) is 123 Å². The van der Waals surface area contributed by atoms with Gasteiger partial charge in [-0.25, -0.2) is 9.59 Å². The van der Waals surface area contributed by atoms with Gasteiger partial charge >= 0.3 is 18.0 Å². The molecule has 0 saturated carbocycles. The molecule has 0 aliphatic heterocycles. The monoisotopic (exact) mass is 814 g/mol. The van der Waals surface area contributed by atoms with E-state index in [4.69, 9.17) is 14.2 Å². The highest BCUT2D eigenvalue weighted by molar-refractivity contribution is 5.92. The van der Waals surface area contributed by atoms with Crippen molar-refractivity contribution in [3.8, 4) is 0 Å². The molecule has 0 spiro atoms. The van der Waals surface area contributed by atoms with Crippen LogP contribution in [0.25, 0.3) is 0 Å². The SMILES string of the molecule is CC(C)Cc1ccc([C@H](C)C(=O)NC[C@@H](NC(=O)CC(NC(=O)OCc2ccccc2)C(=O)OC(C)(C)C)C(=O)NCCCCCCC(=O)OCc2ccccc2)cc1. The maximum absolute atomic E-state index is 13.5. The molecule has 3 aromatic carbocycles. The van der Waals surface area contributed by atoms with E-state index in [-0.39, 0.29) is 44.6 Å². The molecule has 0 aliphatic carbocycles. The normalized spacial score (nSPS) is 12.7. The first-order chi connectivity index (χ1) is 28.1. The topological polar surface area (TPSA) is 178 Å². The van der Waals surface area contributed by atoms with Crippen LogP contribution in [-0.4, -0.2) is 66.5 Å². The number of rotatable bonds is 23. The second-order valence-electron chi connectivity index (χ2n) is 16.0. The molecule has 3 atom stereocenters. The summed E-state index contributed by atoms with van der Waals surface area (Å²) < 4.78 is 16.1. The molecule has 4 amide bonds. The second kappa shape index (κ2) is 24.9. The van der Waals surface area contributed by atoms with E-state index in [1.54, 1.807) is 52.0 Å². The molecule has 13 nitrogen and oxygen atoms in total. The van der Waals surface area contributed by atoms with E-state index in [9.17, 15) is 28.8 Å². The Morgan fingerprint density at radius 3 is 1.81 bits per heavy atom. The quantitative estimate of drug-likeness (QED) is 0.0478. The number of alkyl carbamates (subject to hydrolysis) is 1. The number of amides is 4. The third kappa shape index (κ3) is 19.5. The molecule has 0 saturated heterocycles. The molecule has 3 aromatic rings. The van der Waals surface area contributed by atoms with Crippen LogP contribution < -0.4 is 21.3 Å². The second-order valence-corrected chi connectivity index (χ2v) is 16.0. The van der Waals surface area contributed by atoms with E-state index in [0.29, 0.717) is 18.8 Å². The third-order valence-corrected chi connectivity index (χ3v) is 9.08. The van der Waals surface area contributed by atoms with Crippen molar-refractivity contribution in [3.05, 3.63) is 107 Å². The number of benzene rings is 3. The molecule has 59 heavy (non-hydrogen) atoms. The molecule has 1 unspecified atom stereocenters. The first-order valence-corrected chi connectivity index (χ1v) is 20.4. The predicted octanol–water partition coefficient (Wildman–Crippen LogP) is 6.43. The summed E-state index contributed by atoms with van der Waals surface area (Å²) >= 11 is 0. The van der Waals surface area contributed by atoms with Gasteiger partial charge in [0.15, 0.2) is 0 Å². The van der Waals surface area contributed by atoms with Crippen molar-refractivity contribution < 1.29 is 43.0 Å². The van der Waals surface area contributed by atoms with Crippen LogP contribution in [0.4, 0.5) is 4.79 Å². The summed E-state index contributed by atoms with van der Waals surface area (Å²) in [4.78, 5) is 78.4. The molecule has 0 aliphatic rings. The lowest BCUT2D eigenvalue weighted by Crippen LogP contribution is -2.54. The number of carbonyl (C=O) groups excluding carboxylic acids is 6. The largest absolute Gasteiger partial charge is 0.461 e. The summed E-state index contributed by atoms with van der Waals surface area (Å²) in [5.74, 6) is -2.81. The van der Waals surface area contributed by atoms with Gasteiger partial charge in [-0.2, -0.15) is 0 Å². The highest BCUT2D eigenvalue weighted by atomic mass is 16.6. The molecule has 13 heteroatoms. The Bertz CT molecular complexity index is 1780. The number of unbranched alkanes of at least 4 members (excludes halogenated alkanes) is 3. The van der Waals surface area contributed by atoms with E-state index in [1.807, 2.05) is 60.7 Å². The van der Waals surface area contributed by atoms with Crippen LogP contribution in [0.2, 0.25) is 0 Å². The molecule has 0 bridgehead atoms. The number of ether oxygens (including phenoxy) is 3. The molecule has 4 N–H and O–H groups in total. The minimum absolute atomic E-state index is 0.0658. The van der Waals surface area contributed by atoms with Crippen molar-refractivity contribution in [2.75, 3.05) is 13.1 Å². The fourth-order valence-electron chi connectivity index (χ4n) is 5.93. The number of carbonyl (C=O) groups is 6. The molecule has 320 valence electrons. The Kier molecular flexibility index (Phi) is 20.1. The molecule has 0 radical (unpaired) electrons. The van der Waals surface area contributed by atoms with Crippen LogP contribution in [0.1, 0.15) is 108 Å². The Morgan fingerprint density at radius 1 is 0.627 bits per heavy atom. The molecule has 3 rings (SSSR count). The van der Waals surface area contributed by atoms with E-state index in [0.717, 1.165) is 36.0 Å². The Hall–Kier alpha value is -5.72. The van der Waals surface area contributed by atoms with Crippen LogP contribution in [0, 0.1) is 5.92 Å². The number of hydrogen-bond donors (Lipinski definition) is 4. The number of hydrogen-bond acceptors (Lipinski definition) is 9. The van der Waals surface area contributed by atoms with Crippen LogP contribution in [0.5, 0.6) is 0 Å². The summed E-state index contributed by atoms with van der Waals surface area (Å²) in [7, 11) is 0. The molecule has 0 aromatic heterocycles. The van der Waals surface area contributed by atoms with Crippen molar-refractivity contribution in [1.82, 2.24) is 21.3 Å². The zero-order chi connectivity index (χ0) is 43.2. The van der Waals surface area contributed by atoms with Gasteiger partial charge in [0.2, 0.25) is 17.7 Å². The predicted molar refractivity (Wildman–Crippen MR) is 225 cm³/mol. The minimum atomic E-state index is -1.44. The van der Waals surface area contributed by atoms with E-state index in [1.165, 1.54) is 5.56 Å². The maximum atomic E-state index is 13.5. The highest BCUT2D eigenvalue weighted by Crippen LogP contribution is 2.18. The maximum Gasteiger partial charge on any atom is 0.408 e. The summed E-state index contributed by atoms with van der Waals surface area (Å²) in [6, 6.07) is 23.6. The zero-order valence-corrected chi connectivity index (χ0v) is 35.3. The highest BCUT2D eigenvalue weighted by Gasteiger charge is 2.31. The lowest BCUT2D eigenvalue weighted by Gasteiger charge is -2.25. The van der Waals surface area contributed by atoms with Gasteiger partial charge in [0.05, 0.1) is 12.3 Å². The lowest BCUT2D eigenvalue weighted by molar-refractivity contribution is -0.158. The average Bonchev–Trinajstić information content (AvgIpc) is 3.19. The molecule has 0 heterocycles. The van der Waals surface area contributed by atoms with Gasteiger partial charge in [0.25, 0.3) is 0 Å². The fraction of sp³-hybridized carbons (Fsp3) is 0.478. The fourth-order valence-corrected chi connectivity index (χ4v) is 5.93.